The molecule has 0 aromatic heterocycles. The van der Waals surface area contributed by atoms with Gasteiger partial charge in [-0.1, -0.05) is 25.5 Å². The van der Waals surface area contributed by atoms with Crippen molar-refractivity contribution in [2.45, 2.75) is 58.6 Å². The number of carbonyl (C=O) groups is 2. The van der Waals surface area contributed by atoms with Gasteiger partial charge in [-0.05, 0) is 44.4 Å². The second-order valence-corrected chi connectivity index (χ2v) is 7.53. The average molecular weight is 391 g/mol. The SMILES string of the molecule is CCCCN1C(=O)C[C@H](C(=O)NCCCOC(C)C)[C@@H]1c1ccc(OC)cc1. The highest BCUT2D eigenvalue weighted by Gasteiger charge is 2.43. The second-order valence-electron chi connectivity index (χ2n) is 7.53. The lowest BCUT2D eigenvalue weighted by molar-refractivity contribution is -0.129. The maximum absolute atomic E-state index is 12.9. The number of benzene rings is 1. The molecule has 0 unspecified atom stereocenters. The van der Waals surface area contributed by atoms with E-state index in [2.05, 4.69) is 12.2 Å². The smallest absolute Gasteiger partial charge is 0.226 e. The monoisotopic (exact) mass is 390 g/mol. The van der Waals surface area contributed by atoms with E-state index >= 15 is 0 Å². The van der Waals surface area contributed by atoms with Crippen LogP contribution in [0.25, 0.3) is 0 Å². The number of methoxy groups -OCH3 is 1. The summed E-state index contributed by atoms with van der Waals surface area (Å²) in [4.78, 5) is 27.4. The Morgan fingerprint density at radius 1 is 1.25 bits per heavy atom. The van der Waals surface area contributed by atoms with E-state index in [1.165, 1.54) is 0 Å². The van der Waals surface area contributed by atoms with Crippen molar-refractivity contribution in [2.24, 2.45) is 5.92 Å². The van der Waals surface area contributed by atoms with Gasteiger partial charge in [0.05, 0.1) is 25.2 Å². The highest BCUT2D eigenvalue weighted by molar-refractivity contribution is 5.90. The van der Waals surface area contributed by atoms with E-state index in [1.807, 2.05) is 43.0 Å². The lowest BCUT2D eigenvalue weighted by Gasteiger charge is -2.28. The Labute approximate surface area is 168 Å². The van der Waals surface area contributed by atoms with Gasteiger partial charge in [-0.2, -0.15) is 0 Å². The molecular weight excluding hydrogens is 356 g/mol. The van der Waals surface area contributed by atoms with Crippen molar-refractivity contribution in [2.75, 3.05) is 26.8 Å². The van der Waals surface area contributed by atoms with Crippen LogP contribution < -0.4 is 10.1 Å². The van der Waals surface area contributed by atoms with Crippen molar-refractivity contribution in [1.29, 1.82) is 0 Å². The van der Waals surface area contributed by atoms with Crippen molar-refractivity contribution in [3.05, 3.63) is 29.8 Å². The summed E-state index contributed by atoms with van der Waals surface area (Å²) in [5, 5.41) is 3.00. The molecule has 0 radical (unpaired) electrons. The number of hydrogen-bond acceptors (Lipinski definition) is 4. The number of ether oxygens (including phenoxy) is 2. The third kappa shape index (κ3) is 5.96. The van der Waals surface area contributed by atoms with E-state index in [9.17, 15) is 9.59 Å². The molecule has 2 amide bonds. The number of likely N-dealkylation sites (tertiary alicyclic amines) is 1. The van der Waals surface area contributed by atoms with Crippen LogP contribution in [0.1, 0.15) is 58.1 Å². The zero-order valence-electron chi connectivity index (χ0n) is 17.6. The number of amides is 2. The van der Waals surface area contributed by atoms with Gasteiger partial charge in [0.1, 0.15) is 5.75 Å². The largest absolute Gasteiger partial charge is 0.497 e. The predicted molar refractivity (Wildman–Crippen MR) is 109 cm³/mol. The minimum atomic E-state index is -0.372. The fourth-order valence-electron chi connectivity index (χ4n) is 3.56. The van der Waals surface area contributed by atoms with Gasteiger partial charge in [0, 0.05) is 26.1 Å². The molecule has 1 N–H and O–H groups in total. The summed E-state index contributed by atoms with van der Waals surface area (Å²) in [6, 6.07) is 7.45. The van der Waals surface area contributed by atoms with Crippen molar-refractivity contribution < 1.29 is 19.1 Å². The van der Waals surface area contributed by atoms with E-state index in [4.69, 9.17) is 9.47 Å². The molecule has 1 fully saturated rings. The minimum absolute atomic E-state index is 0.0533. The first kappa shape index (κ1) is 22.2. The molecule has 0 saturated carbocycles. The summed E-state index contributed by atoms with van der Waals surface area (Å²) in [5.41, 5.74) is 0.978. The molecule has 156 valence electrons. The number of unbranched alkanes of at least 4 members (excludes halogenated alkanes) is 1. The van der Waals surface area contributed by atoms with E-state index in [-0.39, 0.29) is 36.3 Å². The Morgan fingerprint density at radius 3 is 2.57 bits per heavy atom. The third-order valence-corrected chi connectivity index (χ3v) is 5.05. The first-order valence-electron chi connectivity index (χ1n) is 10.3. The highest BCUT2D eigenvalue weighted by atomic mass is 16.5. The Balaban J connectivity index is 2.08. The normalized spacial score (nSPS) is 19.3. The molecule has 1 aromatic carbocycles. The number of rotatable bonds is 11. The predicted octanol–water partition coefficient (Wildman–Crippen LogP) is 3.32. The molecule has 28 heavy (non-hydrogen) atoms. The molecule has 1 aliphatic heterocycles. The van der Waals surface area contributed by atoms with Gasteiger partial charge in [0.25, 0.3) is 0 Å². The summed E-state index contributed by atoms with van der Waals surface area (Å²) in [6.07, 6.45) is 3.15. The Hall–Kier alpha value is -2.08. The van der Waals surface area contributed by atoms with Crippen molar-refractivity contribution >= 4 is 11.8 Å². The highest BCUT2D eigenvalue weighted by Crippen LogP contribution is 2.39. The number of hydrogen-bond donors (Lipinski definition) is 1. The van der Waals surface area contributed by atoms with Gasteiger partial charge in [0.15, 0.2) is 0 Å². The Kier molecular flexibility index (Phi) is 8.77. The third-order valence-electron chi connectivity index (χ3n) is 5.05. The van der Waals surface area contributed by atoms with Crippen LogP contribution in [0, 0.1) is 5.92 Å². The van der Waals surface area contributed by atoms with Crippen molar-refractivity contribution in [3.8, 4) is 5.75 Å². The van der Waals surface area contributed by atoms with Crippen LogP contribution in [0.4, 0.5) is 0 Å². The van der Waals surface area contributed by atoms with Crippen molar-refractivity contribution in [3.63, 3.8) is 0 Å². The van der Waals surface area contributed by atoms with Crippen molar-refractivity contribution in [1.82, 2.24) is 10.2 Å². The molecule has 6 heteroatoms. The summed E-state index contributed by atoms with van der Waals surface area (Å²) >= 11 is 0. The molecule has 2 rings (SSSR count). The van der Waals surface area contributed by atoms with Crippen LogP contribution in [0.3, 0.4) is 0 Å². The van der Waals surface area contributed by atoms with E-state index in [0.717, 1.165) is 30.6 Å². The molecule has 0 bridgehead atoms. The van der Waals surface area contributed by atoms with Crippen LogP contribution in [-0.4, -0.2) is 49.6 Å². The van der Waals surface area contributed by atoms with Gasteiger partial charge in [-0.3, -0.25) is 9.59 Å². The van der Waals surface area contributed by atoms with E-state index in [1.54, 1.807) is 7.11 Å². The first-order chi connectivity index (χ1) is 13.5. The van der Waals surface area contributed by atoms with Crippen LogP contribution in [0.5, 0.6) is 5.75 Å². The van der Waals surface area contributed by atoms with Gasteiger partial charge < -0.3 is 19.7 Å². The topological polar surface area (TPSA) is 67.9 Å². The fourth-order valence-corrected chi connectivity index (χ4v) is 3.56. The zero-order valence-corrected chi connectivity index (χ0v) is 17.6. The molecule has 0 spiro atoms. The molecule has 0 aliphatic carbocycles. The number of nitrogens with zero attached hydrogens (tertiary/aromatic N) is 1. The van der Waals surface area contributed by atoms with Gasteiger partial charge in [-0.15, -0.1) is 0 Å². The molecule has 1 saturated heterocycles. The Morgan fingerprint density at radius 2 is 1.96 bits per heavy atom. The molecule has 6 nitrogen and oxygen atoms in total. The maximum Gasteiger partial charge on any atom is 0.226 e. The van der Waals surface area contributed by atoms with Crippen LogP contribution in [0.15, 0.2) is 24.3 Å². The van der Waals surface area contributed by atoms with Crippen LogP contribution >= 0.6 is 0 Å². The molecule has 1 aromatic rings. The summed E-state index contributed by atoms with van der Waals surface area (Å²) in [5.74, 6) is 0.387. The van der Waals surface area contributed by atoms with Crippen LogP contribution in [0.2, 0.25) is 0 Å². The molecular formula is C22H34N2O4. The number of nitrogens with one attached hydrogen (secondary N) is 1. The maximum atomic E-state index is 12.9. The van der Waals surface area contributed by atoms with Gasteiger partial charge >= 0.3 is 0 Å². The Bertz CT molecular complexity index is 630. The quantitative estimate of drug-likeness (QED) is 0.589. The zero-order chi connectivity index (χ0) is 20.5. The summed E-state index contributed by atoms with van der Waals surface area (Å²) in [6.45, 7) is 7.94. The molecule has 1 heterocycles. The standard InChI is InChI=1S/C22H34N2O4/c1-5-6-13-24-20(25)15-19(22(26)23-12-7-14-28-16(2)3)21(24)17-8-10-18(27-4)11-9-17/h8-11,16,19,21H,5-7,12-15H2,1-4H3,(H,23,26)/t19-,21-/m0/s1. The second kappa shape index (κ2) is 11.1. The fraction of sp³-hybridized carbons (Fsp3) is 0.636. The summed E-state index contributed by atoms with van der Waals surface area (Å²) < 4.78 is 10.8. The van der Waals surface area contributed by atoms with Crippen LogP contribution in [-0.2, 0) is 14.3 Å². The lowest BCUT2D eigenvalue weighted by Crippen LogP contribution is -2.36. The molecule has 2 atom stereocenters. The average Bonchev–Trinajstić information content (AvgIpc) is 3.02. The lowest BCUT2D eigenvalue weighted by atomic mass is 9.92. The van der Waals surface area contributed by atoms with E-state index in [0.29, 0.717) is 19.7 Å². The van der Waals surface area contributed by atoms with Gasteiger partial charge in [0.2, 0.25) is 11.8 Å². The van der Waals surface area contributed by atoms with E-state index < -0.39 is 0 Å². The molecule has 1 aliphatic rings. The summed E-state index contributed by atoms with van der Waals surface area (Å²) in [7, 11) is 1.63. The minimum Gasteiger partial charge on any atom is -0.497 e. The van der Waals surface area contributed by atoms with Gasteiger partial charge in [-0.25, -0.2) is 0 Å². The first-order valence-corrected chi connectivity index (χ1v) is 10.3. The number of carbonyl (C=O) groups excluding carboxylic acids is 2.